The lowest BCUT2D eigenvalue weighted by Crippen LogP contribution is -1.89. The van der Waals surface area contributed by atoms with Crippen molar-refractivity contribution in [3.8, 4) is 11.5 Å². The van der Waals surface area contributed by atoms with Crippen molar-refractivity contribution in [1.29, 1.82) is 0 Å². The number of nitro benzene ring substituents is 1. The predicted molar refractivity (Wildman–Crippen MR) is 80.2 cm³/mol. The van der Waals surface area contributed by atoms with Gasteiger partial charge < -0.3 is 4.42 Å². The molecule has 1 aromatic carbocycles. The topological polar surface area (TPSA) is 95.0 Å². The van der Waals surface area contributed by atoms with Gasteiger partial charge in [0.05, 0.1) is 4.92 Å². The second-order valence-corrected chi connectivity index (χ2v) is 5.25. The maximum atomic E-state index is 10.7. The lowest BCUT2D eigenvalue weighted by molar-refractivity contribution is -0.384. The lowest BCUT2D eigenvalue weighted by Gasteiger charge is -1.98. The van der Waals surface area contributed by atoms with Gasteiger partial charge in [0, 0.05) is 35.8 Å². The van der Waals surface area contributed by atoms with Crippen LogP contribution in [0.4, 0.5) is 5.69 Å². The third-order valence-electron chi connectivity index (χ3n) is 2.82. The molecule has 0 atom stereocenters. The average Bonchev–Trinajstić information content (AvgIpc) is 3.03. The molecule has 0 saturated carbocycles. The molecule has 3 rings (SSSR count). The molecular weight excluding hydrogens is 304 g/mol. The van der Waals surface area contributed by atoms with Crippen LogP contribution < -0.4 is 0 Å². The monoisotopic (exact) mass is 314 g/mol. The van der Waals surface area contributed by atoms with Crippen LogP contribution in [0, 0.1) is 10.1 Å². The second kappa shape index (κ2) is 6.35. The van der Waals surface area contributed by atoms with Crippen molar-refractivity contribution in [2.75, 3.05) is 0 Å². The summed E-state index contributed by atoms with van der Waals surface area (Å²) in [6, 6.07) is 10.0. The maximum Gasteiger partial charge on any atom is 0.277 e. The van der Waals surface area contributed by atoms with Crippen molar-refractivity contribution >= 4 is 17.4 Å². The summed E-state index contributed by atoms with van der Waals surface area (Å²) in [4.78, 5) is 14.3. The van der Waals surface area contributed by atoms with E-state index in [1.807, 2.05) is 6.07 Å². The van der Waals surface area contributed by atoms with Crippen LogP contribution in [0.3, 0.4) is 0 Å². The molecule has 3 aromatic rings. The molecule has 0 radical (unpaired) electrons. The summed E-state index contributed by atoms with van der Waals surface area (Å²) in [6.45, 7) is 0. The lowest BCUT2D eigenvalue weighted by atomic mass is 10.2. The molecule has 0 bridgehead atoms. The molecule has 8 heteroatoms. The summed E-state index contributed by atoms with van der Waals surface area (Å²) in [5, 5.41) is 19.1. The average molecular weight is 314 g/mol. The van der Waals surface area contributed by atoms with E-state index >= 15 is 0 Å². The van der Waals surface area contributed by atoms with Crippen LogP contribution >= 0.6 is 11.8 Å². The molecule has 0 unspecified atom stereocenters. The highest BCUT2D eigenvalue weighted by atomic mass is 32.2. The Morgan fingerprint density at radius 1 is 1.18 bits per heavy atom. The maximum absolute atomic E-state index is 10.7. The summed E-state index contributed by atoms with van der Waals surface area (Å²) in [5.41, 5.74) is 1.69. The first-order valence-corrected chi connectivity index (χ1v) is 7.31. The second-order valence-electron chi connectivity index (χ2n) is 4.32. The number of thioether (sulfide) groups is 1. The van der Waals surface area contributed by atoms with Gasteiger partial charge in [-0.1, -0.05) is 23.9 Å². The highest BCUT2D eigenvalue weighted by Crippen LogP contribution is 2.26. The highest BCUT2D eigenvalue weighted by Gasteiger charge is 2.10. The molecular formula is C14H10N4O3S. The molecule has 2 heterocycles. The van der Waals surface area contributed by atoms with E-state index in [0.29, 0.717) is 16.9 Å². The zero-order valence-electron chi connectivity index (χ0n) is 11.2. The molecule has 0 N–H and O–H groups in total. The van der Waals surface area contributed by atoms with Gasteiger partial charge in [-0.3, -0.25) is 15.1 Å². The van der Waals surface area contributed by atoms with E-state index in [2.05, 4.69) is 15.2 Å². The number of nitro groups is 1. The Balaban J connectivity index is 1.69. The number of hydrogen-bond acceptors (Lipinski definition) is 7. The molecule has 0 aliphatic carbocycles. The fourth-order valence-corrected chi connectivity index (χ4v) is 2.49. The van der Waals surface area contributed by atoms with Crippen molar-refractivity contribution in [1.82, 2.24) is 15.2 Å². The van der Waals surface area contributed by atoms with Gasteiger partial charge in [0.25, 0.3) is 10.9 Å². The largest absolute Gasteiger partial charge is 0.411 e. The Morgan fingerprint density at radius 3 is 2.77 bits per heavy atom. The number of hydrogen-bond donors (Lipinski definition) is 0. The zero-order valence-corrected chi connectivity index (χ0v) is 12.1. The summed E-state index contributed by atoms with van der Waals surface area (Å²) in [6.07, 6.45) is 3.30. The van der Waals surface area contributed by atoms with E-state index < -0.39 is 4.92 Å². The zero-order chi connectivity index (χ0) is 15.4. The third kappa shape index (κ3) is 3.29. The van der Waals surface area contributed by atoms with Gasteiger partial charge >= 0.3 is 0 Å². The van der Waals surface area contributed by atoms with Gasteiger partial charge in [-0.25, -0.2) is 0 Å². The van der Waals surface area contributed by atoms with Crippen LogP contribution in [0.15, 0.2) is 58.4 Å². The Labute approximate surface area is 129 Å². The van der Waals surface area contributed by atoms with Crippen LogP contribution in [-0.2, 0) is 5.75 Å². The van der Waals surface area contributed by atoms with Crippen LogP contribution in [0.5, 0.6) is 0 Å². The van der Waals surface area contributed by atoms with E-state index in [0.717, 1.165) is 11.1 Å². The van der Waals surface area contributed by atoms with Crippen molar-refractivity contribution in [3.63, 3.8) is 0 Å². The first-order valence-electron chi connectivity index (χ1n) is 6.32. The molecule has 0 amide bonds. The number of pyridine rings is 1. The Kier molecular flexibility index (Phi) is 4.10. The molecule has 0 aliphatic rings. The summed E-state index contributed by atoms with van der Waals surface area (Å²) in [5.74, 6) is 0.934. The van der Waals surface area contributed by atoms with E-state index in [4.69, 9.17) is 4.42 Å². The Morgan fingerprint density at radius 2 is 2.00 bits per heavy atom. The van der Waals surface area contributed by atoms with Crippen molar-refractivity contribution < 1.29 is 9.34 Å². The Bertz CT molecular complexity index is 792. The SMILES string of the molecule is O=[N+]([O-])c1cccc(CSc2nnc(-c3ccncc3)o2)c1. The summed E-state index contributed by atoms with van der Waals surface area (Å²) >= 11 is 1.33. The molecule has 0 spiro atoms. The van der Waals surface area contributed by atoms with Crippen LogP contribution in [0.25, 0.3) is 11.5 Å². The first kappa shape index (κ1) is 14.2. The van der Waals surface area contributed by atoms with Crippen molar-refractivity contribution in [3.05, 3.63) is 64.5 Å². The molecule has 0 saturated heterocycles. The minimum absolute atomic E-state index is 0.0705. The first-order chi connectivity index (χ1) is 10.7. The van der Waals surface area contributed by atoms with E-state index in [-0.39, 0.29) is 5.69 Å². The van der Waals surface area contributed by atoms with Gasteiger partial charge in [0.2, 0.25) is 5.89 Å². The summed E-state index contributed by atoms with van der Waals surface area (Å²) < 4.78 is 5.55. The number of benzene rings is 1. The van der Waals surface area contributed by atoms with Crippen molar-refractivity contribution in [2.45, 2.75) is 11.0 Å². The molecule has 2 aromatic heterocycles. The minimum atomic E-state index is -0.414. The van der Waals surface area contributed by atoms with Gasteiger partial charge in [0.15, 0.2) is 0 Å². The summed E-state index contributed by atoms with van der Waals surface area (Å²) in [7, 11) is 0. The van der Waals surface area contributed by atoms with Crippen molar-refractivity contribution in [2.24, 2.45) is 0 Å². The third-order valence-corrected chi connectivity index (χ3v) is 3.71. The Hall–Kier alpha value is -2.74. The van der Waals surface area contributed by atoms with E-state index in [9.17, 15) is 10.1 Å². The normalized spacial score (nSPS) is 10.5. The minimum Gasteiger partial charge on any atom is -0.411 e. The predicted octanol–water partition coefficient (Wildman–Crippen LogP) is 3.33. The van der Waals surface area contributed by atoms with E-state index in [1.54, 1.807) is 30.6 Å². The smallest absolute Gasteiger partial charge is 0.277 e. The standard InChI is InChI=1S/C14H10N4O3S/c19-18(20)12-3-1-2-10(8-12)9-22-14-17-16-13(21-14)11-4-6-15-7-5-11/h1-8H,9H2. The molecule has 7 nitrogen and oxygen atoms in total. The number of non-ortho nitro benzene ring substituents is 1. The number of nitrogens with zero attached hydrogens (tertiary/aromatic N) is 4. The van der Waals surface area contributed by atoms with Gasteiger partial charge in [0.1, 0.15) is 0 Å². The molecule has 0 aliphatic heterocycles. The van der Waals surface area contributed by atoms with Crippen LogP contribution in [0.2, 0.25) is 0 Å². The van der Waals surface area contributed by atoms with Gasteiger partial charge in [-0.2, -0.15) is 0 Å². The van der Waals surface area contributed by atoms with Crippen LogP contribution in [-0.4, -0.2) is 20.1 Å². The van der Waals surface area contributed by atoms with Gasteiger partial charge in [-0.15, -0.1) is 10.2 Å². The number of rotatable bonds is 5. The van der Waals surface area contributed by atoms with E-state index in [1.165, 1.54) is 23.9 Å². The molecule has 22 heavy (non-hydrogen) atoms. The fourth-order valence-electron chi connectivity index (χ4n) is 1.78. The molecule has 110 valence electrons. The fraction of sp³-hybridized carbons (Fsp3) is 0.0714. The van der Waals surface area contributed by atoms with Crippen LogP contribution in [0.1, 0.15) is 5.56 Å². The number of aromatic nitrogens is 3. The highest BCUT2D eigenvalue weighted by molar-refractivity contribution is 7.98. The molecule has 0 fully saturated rings. The quantitative estimate of drug-likeness (QED) is 0.405. The van der Waals surface area contributed by atoms with Gasteiger partial charge in [-0.05, 0) is 17.7 Å².